The van der Waals surface area contributed by atoms with Gasteiger partial charge in [0.1, 0.15) is 35.5 Å². The number of rotatable bonds is 10. The van der Waals surface area contributed by atoms with Gasteiger partial charge in [-0.3, -0.25) is 19.3 Å². The molecule has 53 heavy (non-hydrogen) atoms. The summed E-state index contributed by atoms with van der Waals surface area (Å²) in [4.78, 5) is 43.5. The first kappa shape index (κ1) is 44.6. The van der Waals surface area contributed by atoms with Gasteiger partial charge in [-0.15, -0.1) is 6.58 Å². The van der Waals surface area contributed by atoms with Crippen molar-refractivity contribution in [1.29, 1.82) is 0 Å². The van der Waals surface area contributed by atoms with Crippen molar-refractivity contribution in [1.82, 2.24) is 4.90 Å². The quantitative estimate of drug-likeness (QED) is 0.233. The summed E-state index contributed by atoms with van der Waals surface area (Å²) < 4.78 is 45.6. The lowest BCUT2D eigenvalue weighted by Gasteiger charge is -2.48. The van der Waals surface area contributed by atoms with Crippen LogP contribution in [0, 0.1) is 29.5 Å². The van der Waals surface area contributed by atoms with E-state index in [0.29, 0.717) is 13.0 Å². The molecule has 0 aliphatic carbocycles. The second kappa shape index (κ2) is 18.7. The third-order valence-electron chi connectivity index (χ3n) is 11.4. The van der Waals surface area contributed by atoms with Crippen LogP contribution in [0.1, 0.15) is 80.2 Å². The van der Waals surface area contributed by atoms with Crippen LogP contribution >= 0.6 is 0 Å². The van der Waals surface area contributed by atoms with E-state index in [2.05, 4.69) is 6.58 Å². The molecule has 0 radical (unpaired) electrons. The Morgan fingerprint density at radius 2 is 1.75 bits per heavy atom. The van der Waals surface area contributed by atoms with E-state index >= 15 is 0 Å². The number of ether oxygens (including phenoxy) is 5. The summed E-state index contributed by atoms with van der Waals surface area (Å²) in [5.41, 5.74) is -3.29. The molecular weight excluding hydrogens is 689 g/mol. The lowest BCUT2D eigenvalue weighted by atomic mass is 9.74. The van der Waals surface area contributed by atoms with E-state index in [-0.39, 0.29) is 36.3 Å². The van der Waals surface area contributed by atoms with Crippen LogP contribution in [0.4, 0.5) is 4.39 Å². The van der Waals surface area contributed by atoms with E-state index in [0.717, 1.165) is 0 Å². The highest BCUT2D eigenvalue weighted by Gasteiger charge is 2.53. The Kier molecular flexibility index (Phi) is 15.7. The van der Waals surface area contributed by atoms with Crippen molar-refractivity contribution in [3.63, 3.8) is 0 Å². The summed E-state index contributed by atoms with van der Waals surface area (Å²) in [5.74, 6) is -6.57. The Hall–Kier alpha value is -2.78. The van der Waals surface area contributed by atoms with Gasteiger partial charge >= 0.3 is 11.9 Å². The summed E-state index contributed by atoms with van der Waals surface area (Å²) >= 11 is 0. The molecule has 2 aliphatic rings. The summed E-state index contributed by atoms with van der Waals surface area (Å²) in [6.45, 7) is 17.3. The minimum absolute atomic E-state index is 0.0284. The summed E-state index contributed by atoms with van der Waals surface area (Å²) in [6.07, 6.45) is -6.03. The van der Waals surface area contributed by atoms with Crippen LogP contribution in [0.3, 0.4) is 0 Å². The molecule has 0 bridgehead atoms. The molecule has 2 aliphatic heterocycles. The van der Waals surface area contributed by atoms with Gasteiger partial charge in [0.25, 0.3) is 0 Å². The molecule has 1 aromatic rings. The van der Waals surface area contributed by atoms with E-state index in [1.807, 2.05) is 18.9 Å². The van der Waals surface area contributed by atoms with E-state index in [4.69, 9.17) is 23.7 Å². The number of esters is 2. The number of Topliss-reactive ketones (excluding diaryl/α,β-unsaturated/α-hetero) is 1. The van der Waals surface area contributed by atoms with E-state index in [9.17, 15) is 34.1 Å². The Labute approximate surface area is 313 Å². The predicted octanol–water partition coefficient (Wildman–Crippen LogP) is 4.00. The van der Waals surface area contributed by atoms with Crippen molar-refractivity contribution < 1.29 is 57.8 Å². The third-order valence-corrected chi connectivity index (χ3v) is 11.4. The molecule has 0 saturated carbocycles. The second-order valence-electron chi connectivity index (χ2n) is 15.6. The average molecular weight is 752 g/mol. The number of carbonyl (C=O) groups is 3. The van der Waals surface area contributed by atoms with Gasteiger partial charge < -0.3 is 39.0 Å². The minimum Gasteiger partial charge on any atom is -0.461 e. The van der Waals surface area contributed by atoms with Gasteiger partial charge in [0.05, 0.1) is 36.3 Å². The molecule has 3 N–H and O–H groups in total. The number of ketones is 1. The molecule has 2 saturated heterocycles. The Morgan fingerprint density at radius 3 is 2.34 bits per heavy atom. The maximum absolute atomic E-state index is 14.6. The van der Waals surface area contributed by atoms with Crippen molar-refractivity contribution >= 4 is 17.7 Å². The number of nitrogens with zero attached hydrogens (tertiary/aromatic N) is 1. The number of methoxy groups -OCH3 is 1. The standard InChI is InChI=1S/C40H62FNO11/c1-12-18-42(10)29-19-23(4)50-38(33(29)45)53-36-25(6)34(52-31(43)20-27-16-14-15-17-28(27)41)26(7)37(47)51-30(13-2)40(9,48)35(46)24(5)32(44)22(3)21-39(36,8)49-11/h12,14-17,22-26,29-30,33-36,38,45-46,48H,1,13,18-21H2,2-11H3/t22-,23-,24+,25+,26-,29+,30-,33-,34+,35-,36-,38+,39-,40-/m1/s1. The zero-order chi connectivity index (χ0) is 40.0. The van der Waals surface area contributed by atoms with Crippen LogP contribution in [0.25, 0.3) is 0 Å². The van der Waals surface area contributed by atoms with Gasteiger partial charge in [0.2, 0.25) is 0 Å². The molecular formula is C40H62FNO11. The molecule has 14 atom stereocenters. The third kappa shape index (κ3) is 10.3. The fraction of sp³-hybridized carbons (Fsp3) is 0.725. The monoisotopic (exact) mass is 751 g/mol. The number of aliphatic hydroxyl groups is 3. The number of benzene rings is 1. The van der Waals surface area contributed by atoms with Crippen LogP contribution < -0.4 is 0 Å². The number of hydrogen-bond donors (Lipinski definition) is 3. The lowest BCUT2D eigenvalue weighted by Crippen LogP contribution is -2.61. The maximum atomic E-state index is 14.6. The first-order valence-electron chi connectivity index (χ1n) is 18.7. The Morgan fingerprint density at radius 1 is 1.11 bits per heavy atom. The summed E-state index contributed by atoms with van der Waals surface area (Å²) in [6, 6.07) is 5.40. The molecule has 2 fully saturated rings. The van der Waals surface area contributed by atoms with Crippen LogP contribution in [0.2, 0.25) is 0 Å². The highest BCUT2D eigenvalue weighted by molar-refractivity contribution is 5.83. The van der Waals surface area contributed by atoms with Gasteiger partial charge in [-0.05, 0) is 65.6 Å². The average Bonchev–Trinajstić information content (AvgIpc) is 3.11. The minimum atomic E-state index is -2.03. The fourth-order valence-electron chi connectivity index (χ4n) is 8.04. The molecule has 12 nitrogen and oxygen atoms in total. The Bertz CT molecular complexity index is 1410. The van der Waals surface area contributed by atoms with E-state index in [1.54, 1.807) is 39.8 Å². The van der Waals surface area contributed by atoms with Crippen molar-refractivity contribution in [3.05, 3.63) is 48.3 Å². The summed E-state index contributed by atoms with van der Waals surface area (Å²) in [5, 5.41) is 34.6. The van der Waals surface area contributed by atoms with Gasteiger partial charge in [-0.25, -0.2) is 4.39 Å². The van der Waals surface area contributed by atoms with Crippen LogP contribution in [-0.4, -0.2) is 119 Å². The number of aliphatic hydroxyl groups excluding tert-OH is 2. The number of halogens is 1. The van der Waals surface area contributed by atoms with Crippen molar-refractivity contribution in [2.75, 3.05) is 20.7 Å². The topological polar surface area (TPSA) is 161 Å². The molecule has 300 valence electrons. The van der Waals surface area contributed by atoms with E-state index in [1.165, 1.54) is 46.1 Å². The maximum Gasteiger partial charge on any atom is 0.312 e. The SMILES string of the molecule is C=CCN(C)[C@H]1C[C@@H](C)O[C@@H](O[C@@H]2[C@@H](C)[C@H](OC(=O)Cc3ccccc3F)[C@@H](C)C(=O)O[C@H](CC)[C@@](C)(O)[C@H](O)[C@@H](C)C(=O)[C@H](C)C[C@@]2(C)OC)[C@@H]1O. The van der Waals surface area contributed by atoms with Crippen LogP contribution in [0.15, 0.2) is 36.9 Å². The summed E-state index contributed by atoms with van der Waals surface area (Å²) in [7, 11) is 3.30. The molecule has 3 rings (SSSR count). The van der Waals surface area contributed by atoms with Gasteiger partial charge in [0, 0.05) is 37.5 Å². The Balaban J connectivity index is 2.20. The van der Waals surface area contributed by atoms with Crippen LogP contribution in [-0.2, 0) is 44.5 Å². The second-order valence-corrected chi connectivity index (χ2v) is 15.6. The van der Waals surface area contributed by atoms with Crippen molar-refractivity contribution in [2.24, 2.45) is 23.7 Å². The van der Waals surface area contributed by atoms with Crippen molar-refractivity contribution in [2.45, 2.75) is 141 Å². The number of hydrogen-bond acceptors (Lipinski definition) is 12. The number of carbonyl (C=O) groups excluding carboxylic acids is 3. The zero-order valence-electron chi connectivity index (χ0n) is 33.0. The lowest BCUT2D eigenvalue weighted by molar-refractivity contribution is -0.302. The zero-order valence-corrected chi connectivity index (χ0v) is 33.0. The van der Waals surface area contributed by atoms with Crippen LogP contribution in [0.5, 0.6) is 0 Å². The molecule has 13 heteroatoms. The molecule has 2 heterocycles. The molecule has 0 aromatic heterocycles. The fourth-order valence-corrected chi connectivity index (χ4v) is 8.04. The molecule has 0 amide bonds. The number of cyclic esters (lactones) is 1. The number of likely N-dealkylation sites (N-methyl/N-ethyl adjacent to an activating group) is 1. The van der Waals surface area contributed by atoms with Gasteiger partial charge in [-0.2, -0.15) is 0 Å². The first-order chi connectivity index (χ1) is 24.7. The van der Waals surface area contributed by atoms with Gasteiger partial charge in [0.15, 0.2) is 6.29 Å². The van der Waals surface area contributed by atoms with Gasteiger partial charge in [-0.1, -0.05) is 52.0 Å². The smallest absolute Gasteiger partial charge is 0.312 e. The molecule has 0 unspecified atom stereocenters. The highest BCUT2D eigenvalue weighted by Crippen LogP contribution is 2.40. The molecule has 1 aromatic carbocycles. The normalized spacial score (nSPS) is 39.2. The first-order valence-corrected chi connectivity index (χ1v) is 18.7. The van der Waals surface area contributed by atoms with Crippen molar-refractivity contribution in [3.8, 4) is 0 Å². The largest absolute Gasteiger partial charge is 0.461 e. The molecule has 0 spiro atoms. The highest BCUT2D eigenvalue weighted by atomic mass is 19.1. The predicted molar refractivity (Wildman–Crippen MR) is 195 cm³/mol. The van der Waals surface area contributed by atoms with E-state index < -0.39 is 95.9 Å².